The number of rotatable bonds is 5. The fraction of sp³-hybridized carbons (Fsp3) is 0.267. The van der Waals surface area contributed by atoms with E-state index in [1.165, 1.54) is 10.4 Å². The quantitative estimate of drug-likeness (QED) is 0.580. The van der Waals surface area contributed by atoms with Crippen LogP contribution in [0.3, 0.4) is 0 Å². The third-order valence-electron chi connectivity index (χ3n) is 2.53. The predicted octanol–water partition coefficient (Wildman–Crippen LogP) is 4.63. The molecule has 0 aliphatic carbocycles. The van der Waals surface area contributed by atoms with Crippen molar-refractivity contribution in [1.29, 1.82) is 0 Å². The third-order valence-corrected chi connectivity index (χ3v) is 4.06. The lowest BCUT2D eigenvalue weighted by molar-refractivity contribution is 0.582. The van der Waals surface area contributed by atoms with Crippen LogP contribution in [-0.2, 0) is 6.42 Å². The second-order valence-corrected chi connectivity index (χ2v) is 7.63. The van der Waals surface area contributed by atoms with Crippen LogP contribution in [0, 0.1) is 6.92 Å². The Labute approximate surface area is 120 Å². The molecule has 0 spiro atoms. The normalized spacial score (nSPS) is 11.4. The van der Waals surface area contributed by atoms with Crippen molar-refractivity contribution in [3.8, 4) is 5.75 Å². The Morgan fingerprint density at radius 3 is 2.84 bits per heavy atom. The smallest absolute Gasteiger partial charge is 0.274 e. The molecule has 1 heterocycles. The number of nitrogens with zero attached hydrogens (tertiary/aromatic N) is 1. The van der Waals surface area contributed by atoms with E-state index in [0.717, 1.165) is 17.9 Å². The number of aliphatic imine (C=N–C) groups is 1. The molecule has 0 fully saturated rings. The molecule has 2 aromatic rings. The van der Waals surface area contributed by atoms with E-state index in [1.54, 1.807) is 11.3 Å². The van der Waals surface area contributed by atoms with Gasteiger partial charge in [-0.2, -0.15) is 0 Å². The summed E-state index contributed by atoms with van der Waals surface area (Å²) in [6.45, 7) is 6.33. The van der Waals surface area contributed by atoms with Gasteiger partial charge in [-0.15, -0.1) is 11.3 Å². The number of aryl methyl sites for hydroxylation is 1. The minimum absolute atomic E-state index is 0.761. The molecule has 0 unspecified atom stereocenters. The van der Waals surface area contributed by atoms with Crippen molar-refractivity contribution in [3.63, 3.8) is 0 Å². The zero-order valence-corrected chi connectivity index (χ0v) is 13.3. The van der Waals surface area contributed by atoms with Gasteiger partial charge in [-0.25, -0.2) is 0 Å². The van der Waals surface area contributed by atoms with Gasteiger partial charge in [-0.05, 0) is 49.2 Å². The second-order valence-electron chi connectivity index (χ2n) is 4.58. The van der Waals surface area contributed by atoms with Crippen molar-refractivity contribution in [2.45, 2.75) is 26.4 Å². The van der Waals surface area contributed by atoms with Crippen LogP contribution in [-0.4, -0.2) is 15.3 Å². The highest BCUT2D eigenvalue weighted by atomic mass is 32.1. The van der Waals surface area contributed by atoms with Crippen LogP contribution in [0.5, 0.6) is 5.75 Å². The van der Waals surface area contributed by atoms with E-state index in [9.17, 15) is 0 Å². The first kappa shape index (κ1) is 14.0. The minimum Gasteiger partial charge on any atom is -0.541 e. The van der Waals surface area contributed by atoms with Gasteiger partial charge in [-0.3, -0.25) is 4.99 Å². The third kappa shape index (κ3) is 4.33. The maximum Gasteiger partial charge on any atom is 0.274 e. The summed E-state index contributed by atoms with van der Waals surface area (Å²) in [5.41, 5.74) is 2.14. The molecule has 4 heteroatoms. The first-order valence-corrected chi connectivity index (χ1v) is 9.57. The van der Waals surface area contributed by atoms with Gasteiger partial charge in [-0.1, -0.05) is 12.1 Å². The van der Waals surface area contributed by atoms with Gasteiger partial charge in [0.15, 0.2) is 0 Å². The molecule has 0 aliphatic heterocycles. The molecule has 0 bridgehead atoms. The maximum atomic E-state index is 5.88. The zero-order valence-electron chi connectivity index (χ0n) is 11.5. The van der Waals surface area contributed by atoms with Crippen LogP contribution in [0.2, 0.25) is 13.1 Å². The van der Waals surface area contributed by atoms with Crippen LogP contribution >= 0.6 is 11.3 Å². The molecule has 19 heavy (non-hydrogen) atoms. The SMILES string of the molecule is Cc1ccc(O[Si](C)C)c(N=CCc2cccs2)c1. The van der Waals surface area contributed by atoms with Gasteiger partial charge in [0.25, 0.3) is 9.04 Å². The highest BCUT2D eigenvalue weighted by molar-refractivity contribution is 7.10. The van der Waals surface area contributed by atoms with Gasteiger partial charge in [0.05, 0.1) is 0 Å². The molecular formula is C15H18NOSSi. The van der Waals surface area contributed by atoms with E-state index < -0.39 is 9.04 Å². The standard InChI is InChI=1S/C15H18NOSSi/c1-12-6-7-15(17-19(2)3)14(11-12)16-9-8-13-5-4-10-18-13/h4-7,9-11H,8H2,1-3H3. The van der Waals surface area contributed by atoms with Crippen LogP contribution in [0.1, 0.15) is 10.4 Å². The van der Waals surface area contributed by atoms with Crippen molar-refractivity contribution in [3.05, 3.63) is 46.2 Å². The van der Waals surface area contributed by atoms with Crippen molar-refractivity contribution in [2.75, 3.05) is 0 Å². The Balaban J connectivity index is 2.13. The van der Waals surface area contributed by atoms with Crippen molar-refractivity contribution in [1.82, 2.24) is 0 Å². The summed E-state index contributed by atoms with van der Waals surface area (Å²) in [5.74, 6) is 0.895. The minimum atomic E-state index is -0.761. The molecule has 1 radical (unpaired) electrons. The first-order valence-electron chi connectivity index (χ1n) is 6.29. The van der Waals surface area contributed by atoms with Gasteiger partial charge in [0.1, 0.15) is 11.4 Å². The molecule has 0 amide bonds. The van der Waals surface area contributed by atoms with Gasteiger partial charge >= 0.3 is 0 Å². The average molecular weight is 288 g/mol. The van der Waals surface area contributed by atoms with E-state index in [2.05, 4.69) is 54.7 Å². The number of hydrogen-bond acceptors (Lipinski definition) is 3. The molecule has 0 N–H and O–H groups in total. The predicted molar refractivity (Wildman–Crippen MR) is 85.5 cm³/mol. The van der Waals surface area contributed by atoms with Gasteiger partial charge in [0, 0.05) is 17.5 Å². The van der Waals surface area contributed by atoms with E-state index >= 15 is 0 Å². The van der Waals surface area contributed by atoms with Gasteiger partial charge < -0.3 is 4.43 Å². The summed E-state index contributed by atoms with van der Waals surface area (Å²) in [4.78, 5) is 5.90. The Bertz CT molecular complexity index is 549. The Morgan fingerprint density at radius 2 is 2.16 bits per heavy atom. The van der Waals surface area contributed by atoms with Gasteiger partial charge in [0.2, 0.25) is 0 Å². The lowest BCUT2D eigenvalue weighted by Gasteiger charge is -2.11. The van der Waals surface area contributed by atoms with E-state index in [4.69, 9.17) is 4.43 Å². The second kappa shape index (κ2) is 6.68. The van der Waals surface area contributed by atoms with E-state index in [0.29, 0.717) is 0 Å². The zero-order chi connectivity index (χ0) is 13.7. The molecule has 0 saturated carbocycles. The number of benzene rings is 1. The van der Waals surface area contributed by atoms with Crippen LogP contribution < -0.4 is 4.43 Å². The molecule has 0 saturated heterocycles. The van der Waals surface area contributed by atoms with Crippen molar-refractivity contribution < 1.29 is 4.43 Å². The average Bonchev–Trinajstić information content (AvgIpc) is 2.85. The van der Waals surface area contributed by atoms with Crippen molar-refractivity contribution >= 4 is 32.3 Å². The van der Waals surface area contributed by atoms with Crippen molar-refractivity contribution in [2.24, 2.45) is 4.99 Å². The lowest BCUT2D eigenvalue weighted by atomic mass is 10.2. The molecule has 99 valence electrons. The summed E-state index contributed by atoms with van der Waals surface area (Å²) >= 11 is 1.76. The topological polar surface area (TPSA) is 21.6 Å². The Morgan fingerprint density at radius 1 is 1.32 bits per heavy atom. The fourth-order valence-electron chi connectivity index (χ4n) is 1.70. The van der Waals surface area contributed by atoms with E-state index in [-0.39, 0.29) is 0 Å². The Hall–Kier alpha value is -1.39. The van der Waals surface area contributed by atoms with Crippen LogP contribution in [0.4, 0.5) is 5.69 Å². The highest BCUT2D eigenvalue weighted by Crippen LogP contribution is 2.29. The number of thiophene rings is 1. The van der Waals surface area contributed by atoms with Crippen LogP contribution in [0.15, 0.2) is 40.7 Å². The summed E-state index contributed by atoms with van der Waals surface area (Å²) in [6.07, 6.45) is 2.84. The molecular weight excluding hydrogens is 270 g/mol. The molecule has 0 aliphatic rings. The summed E-state index contributed by atoms with van der Waals surface area (Å²) < 4.78 is 5.88. The molecule has 1 aromatic carbocycles. The Kier molecular flexibility index (Phi) is 4.93. The van der Waals surface area contributed by atoms with Crippen LogP contribution in [0.25, 0.3) is 0 Å². The largest absolute Gasteiger partial charge is 0.541 e. The maximum absolute atomic E-state index is 5.88. The summed E-state index contributed by atoms with van der Waals surface area (Å²) in [7, 11) is -0.761. The summed E-state index contributed by atoms with van der Waals surface area (Å²) in [5, 5.41) is 2.09. The first-order chi connectivity index (χ1) is 9.15. The monoisotopic (exact) mass is 288 g/mol. The molecule has 2 rings (SSSR count). The molecule has 1 aromatic heterocycles. The molecule has 2 nitrogen and oxygen atoms in total. The lowest BCUT2D eigenvalue weighted by Crippen LogP contribution is -2.11. The summed E-state index contributed by atoms with van der Waals surface area (Å²) in [6, 6.07) is 10.4. The fourth-order valence-corrected chi connectivity index (χ4v) is 2.97. The molecule has 0 atom stereocenters. The van der Waals surface area contributed by atoms with E-state index in [1.807, 2.05) is 12.3 Å². The number of hydrogen-bond donors (Lipinski definition) is 0. The highest BCUT2D eigenvalue weighted by Gasteiger charge is 2.06.